The van der Waals surface area contributed by atoms with Crippen LogP contribution in [0.3, 0.4) is 0 Å². The van der Waals surface area contributed by atoms with E-state index in [9.17, 15) is 9.59 Å². The third-order valence-corrected chi connectivity index (χ3v) is 4.25. The van der Waals surface area contributed by atoms with Gasteiger partial charge in [0.25, 0.3) is 5.91 Å². The normalized spacial score (nSPS) is 10.6. The highest BCUT2D eigenvalue weighted by Crippen LogP contribution is 2.27. The van der Waals surface area contributed by atoms with Gasteiger partial charge in [-0.25, -0.2) is 4.79 Å². The highest BCUT2D eigenvalue weighted by Gasteiger charge is 2.16. The monoisotopic (exact) mass is 371 g/mol. The molecule has 4 rings (SSSR count). The number of hydrogen-bond donors (Lipinski definition) is 1. The molecule has 1 N–H and O–H groups in total. The summed E-state index contributed by atoms with van der Waals surface area (Å²) in [5.74, 6) is -1.03. The maximum Gasteiger partial charge on any atom is 0.374 e. The van der Waals surface area contributed by atoms with Crippen molar-refractivity contribution in [2.75, 3.05) is 11.9 Å². The van der Waals surface area contributed by atoms with E-state index in [1.807, 2.05) is 66.7 Å². The molecule has 3 aromatic carbocycles. The molecule has 0 aliphatic carbocycles. The number of carbonyl (C=O) groups is 2. The van der Waals surface area contributed by atoms with Crippen LogP contribution in [0.4, 0.5) is 5.69 Å². The Hall–Kier alpha value is -3.86. The van der Waals surface area contributed by atoms with Crippen molar-refractivity contribution in [1.82, 2.24) is 0 Å². The van der Waals surface area contributed by atoms with Crippen molar-refractivity contribution >= 4 is 28.5 Å². The molecule has 28 heavy (non-hydrogen) atoms. The van der Waals surface area contributed by atoms with E-state index in [-0.39, 0.29) is 5.76 Å². The van der Waals surface area contributed by atoms with Gasteiger partial charge < -0.3 is 14.5 Å². The standard InChI is InChI=1S/C23H17NO4/c25-22(15-27-23(26)21-14-17-10-4-7-13-20(17)28-21)24-19-12-6-5-11-18(19)16-8-2-1-3-9-16/h1-14H,15H2,(H,24,25). The molecule has 0 bridgehead atoms. The van der Waals surface area contributed by atoms with Gasteiger partial charge in [0.2, 0.25) is 5.76 Å². The second-order valence-corrected chi connectivity index (χ2v) is 6.18. The van der Waals surface area contributed by atoms with Crippen molar-refractivity contribution in [2.24, 2.45) is 0 Å². The molecule has 1 aromatic heterocycles. The van der Waals surface area contributed by atoms with Crippen molar-refractivity contribution in [1.29, 1.82) is 0 Å². The highest BCUT2D eigenvalue weighted by molar-refractivity contribution is 5.98. The first-order valence-electron chi connectivity index (χ1n) is 8.81. The van der Waals surface area contributed by atoms with Gasteiger partial charge in [-0.15, -0.1) is 0 Å². The Kier molecular flexibility index (Phi) is 4.89. The zero-order valence-corrected chi connectivity index (χ0v) is 14.9. The summed E-state index contributed by atoms with van der Waals surface area (Å²) in [5, 5.41) is 3.60. The molecular formula is C23H17NO4. The van der Waals surface area contributed by atoms with Crippen molar-refractivity contribution in [3.8, 4) is 11.1 Å². The van der Waals surface area contributed by atoms with E-state index in [4.69, 9.17) is 9.15 Å². The van der Waals surface area contributed by atoms with Gasteiger partial charge in [-0.05, 0) is 23.8 Å². The van der Waals surface area contributed by atoms with Crippen LogP contribution in [0.2, 0.25) is 0 Å². The van der Waals surface area contributed by atoms with Gasteiger partial charge in [-0.2, -0.15) is 0 Å². The molecule has 0 aliphatic heterocycles. The van der Waals surface area contributed by atoms with Crippen LogP contribution in [-0.4, -0.2) is 18.5 Å². The third kappa shape index (κ3) is 3.78. The topological polar surface area (TPSA) is 68.5 Å². The predicted molar refractivity (Wildman–Crippen MR) is 107 cm³/mol. The number of ether oxygens (including phenoxy) is 1. The minimum atomic E-state index is -0.678. The fourth-order valence-corrected chi connectivity index (χ4v) is 2.93. The van der Waals surface area contributed by atoms with Crippen LogP contribution in [-0.2, 0) is 9.53 Å². The molecule has 0 unspecified atom stereocenters. The number of hydrogen-bond acceptors (Lipinski definition) is 4. The first kappa shape index (κ1) is 17.5. The molecule has 5 nitrogen and oxygen atoms in total. The summed E-state index contributed by atoms with van der Waals surface area (Å²) in [6.07, 6.45) is 0. The van der Waals surface area contributed by atoms with Crippen LogP contribution in [0, 0.1) is 0 Å². The van der Waals surface area contributed by atoms with Gasteiger partial charge >= 0.3 is 5.97 Å². The number of furan rings is 1. The SMILES string of the molecule is O=C(COC(=O)c1cc2ccccc2o1)Nc1ccccc1-c1ccccc1. The molecule has 0 fully saturated rings. The molecule has 0 saturated carbocycles. The van der Waals surface area contributed by atoms with Crippen LogP contribution in [0.5, 0.6) is 0 Å². The molecule has 0 atom stereocenters. The van der Waals surface area contributed by atoms with Crippen molar-refractivity contribution in [2.45, 2.75) is 0 Å². The Morgan fingerprint density at radius 3 is 2.39 bits per heavy atom. The minimum absolute atomic E-state index is 0.0682. The Bertz CT molecular complexity index is 1100. The molecule has 0 radical (unpaired) electrons. The molecular weight excluding hydrogens is 354 g/mol. The van der Waals surface area contributed by atoms with Crippen molar-refractivity contribution in [3.05, 3.63) is 90.7 Å². The molecule has 4 aromatic rings. The molecule has 138 valence electrons. The van der Waals surface area contributed by atoms with Crippen LogP contribution in [0.1, 0.15) is 10.6 Å². The van der Waals surface area contributed by atoms with Crippen molar-refractivity contribution < 1.29 is 18.7 Å². The number of anilines is 1. The third-order valence-electron chi connectivity index (χ3n) is 4.25. The van der Waals surface area contributed by atoms with E-state index in [2.05, 4.69) is 5.32 Å². The van der Waals surface area contributed by atoms with Crippen molar-refractivity contribution in [3.63, 3.8) is 0 Å². The summed E-state index contributed by atoms with van der Waals surface area (Å²) in [5.41, 5.74) is 3.12. The lowest BCUT2D eigenvalue weighted by Gasteiger charge is -2.11. The van der Waals surface area contributed by atoms with Gasteiger partial charge in [0.05, 0.1) is 0 Å². The van der Waals surface area contributed by atoms with Crippen LogP contribution in [0.25, 0.3) is 22.1 Å². The largest absolute Gasteiger partial charge is 0.450 e. The average molecular weight is 371 g/mol. The summed E-state index contributed by atoms with van der Waals surface area (Å²) in [6.45, 7) is -0.404. The zero-order chi connectivity index (χ0) is 19.3. The van der Waals surface area contributed by atoms with E-state index < -0.39 is 18.5 Å². The molecule has 1 heterocycles. The summed E-state index contributed by atoms with van der Waals surface area (Å²) in [7, 11) is 0. The number of esters is 1. The van der Waals surface area contributed by atoms with Gasteiger partial charge in [0, 0.05) is 16.6 Å². The number of fused-ring (bicyclic) bond motifs is 1. The van der Waals surface area contributed by atoms with Gasteiger partial charge in [-0.1, -0.05) is 66.7 Å². The molecule has 1 amide bonds. The second kappa shape index (κ2) is 7.80. The minimum Gasteiger partial charge on any atom is -0.450 e. The lowest BCUT2D eigenvalue weighted by Crippen LogP contribution is -2.21. The molecule has 0 saturated heterocycles. The second-order valence-electron chi connectivity index (χ2n) is 6.18. The van der Waals surface area contributed by atoms with E-state index in [1.165, 1.54) is 0 Å². The lowest BCUT2D eigenvalue weighted by molar-refractivity contribution is -0.119. The number of carbonyl (C=O) groups excluding carboxylic acids is 2. The Labute approximate surface area is 161 Å². The predicted octanol–water partition coefficient (Wildman–Crippen LogP) is 4.90. The first-order valence-corrected chi connectivity index (χ1v) is 8.81. The van der Waals surface area contributed by atoms with Gasteiger partial charge in [-0.3, -0.25) is 4.79 Å². The summed E-state index contributed by atoms with van der Waals surface area (Å²) < 4.78 is 10.5. The van der Waals surface area contributed by atoms with Crippen LogP contribution >= 0.6 is 0 Å². The van der Waals surface area contributed by atoms with Crippen LogP contribution < -0.4 is 5.32 Å². The number of rotatable bonds is 5. The molecule has 0 spiro atoms. The zero-order valence-electron chi connectivity index (χ0n) is 14.9. The smallest absolute Gasteiger partial charge is 0.374 e. The Morgan fingerprint density at radius 2 is 1.57 bits per heavy atom. The quantitative estimate of drug-likeness (QED) is 0.507. The number of para-hydroxylation sites is 2. The molecule has 5 heteroatoms. The van der Waals surface area contributed by atoms with E-state index in [1.54, 1.807) is 18.2 Å². The first-order chi connectivity index (χ1) is 13.7. The van der Waals surface area contributed by atoms with Gasteiger partial charge in [0.15, 0.2) is 6.61 Å². The number of benzene rings is 3. The van der Waals surface area contributed by atoms with E-state index in [0.717, 1.165) is 16.5 Å². The molecule has 0 aliphatic rings. The summed E-state index contributed by atoms with van der Waals surface area (Å²) >= 11 is 0. The number of amides is 1. The lowest BCUT2D eigenvalue weighted by atomic mass is 10.0. The van der Waals surface area contributed by atoms with E-state index in [0.29, 0.717) is 11.3 Å². The van der Waals surface area contributed by atoms with Crippen LogP contribution in [0.15, 0.2) is 89.3 Å². The summed E-state index contributed by atoms with van der Waals surface area (Å²) in [6, 6.07) is 26.1. The van der Waals surface area contributed by atoms with Gasteiger partial charge in [0.1, 0.15) is 5.58 Å². The average Bonchev–Trinajstić information content (AvgIpc) is 3.17. The Morgan fingerprint density at radius 1 is 0.857 bits per heavy atom. The summed E-state index contributed by atoms with van der Waals surface area (Å²) in [4.78, 5) is 24.4. The maximum absolute atomic E-state index is 12.3. The fraction of sp³-hybridized carbons (Fsp3) is 0.0435. The number of nitrogens with one attached hydrogen (secondary N) is 1. The fourth-order valence-electron chi connectivity index (χ4n) is 2.93. The van der Waals surface area contributed by atoms with E-state index >= 15 is 0 Å². The Balaban J connectivity index is 1.42. The maximum atomic E-state index is 12.3. The highest BCUT2D eigenvalue weighted by atomic mass is 16.5.